The Hall–Kier alpha value is -2.34. The van der Waals surface area contributed by atoms with Crippen molar-refractivity contribution < 1.29 is 9.26 Å². The van der Waals surface area contributed by atoms with E-state index in [0.29, 0.717) is 25.0 Å². The van der Waals surface area contributed by atoms with Gasteiger partial charge in [-0.1, -0.05) is 49.3 Å². The Morgan fingerprint density at radius 3 is 2.48 bits per heavy atom. The number of nitrogens with one attached hydrogen (secondary N) is 2. The van der Waals surface area contributed by atoms with Crippen molar-refractivity contribution in [3.05, 3.63) is 52.9 Å². The number of guanidine groups is 1. The maximum Gasteiger partial charge on any atom is 0.191 e. The summed E-state index contributed by atoms with van der Waals surface area (Å²) < 4.78 is 11.1. The summed E-state index contributed by atoms with van der Waals surface area (Å²) in [5, 5.41) is 10.8. The molecule has 0 radical (unpaired) electrons. The molecular weight excluding hydrogens is 340 g/mol. The van der Waals surface area contributed by atoms with E-state index in [1.54, 1.807) is 7.05 Å². The molecule has 1 aromatic heterocycles. The lowest BCUT2D eigenvalue weighted by atomic mass is 10.00. The third-order valence-electron chi connectivity index (χ3n) is 4.51. The second-order valence-electron chi connectivity index (χ2n) is 7.08. The summed E-state index contributed by atoms with van der Waals surface area (Å²) in [7, 11) is 1.78. The minimum Gasteiger partial charge on any atom is -0.376 e. The molecule has 2 rings (SSSR count). The highest BCUT2D eigenvalue weighted by atomic mass is 16.5. The van der Waals surface area contributed by atoms with E-state index in [-0.39, 0.29) is 0 Å². The lowest BCUT2D eigenvalue weighted by Crippen LogP contribution is -2.41. The number of rotatable bonds is 9. The molecule has 6 nitrogen and oxygen atoms in total. The van der Waals surface area contributed by atoms with Gasteiger partial charge in [0.1, 0.15) is 5.76 Å². The molecule has 1 heterocycles. The molecule has 0 bridgehead atoms. The first-order chi connectivity index (χ1) is 13.0. The van der Waals surface area contributed by atoms with Crippen molar-refractivity contribution in [1.82, 2.24) is 15.8 Å². The zero-order valence-corrected chi connectivity index (χ0v) is 17.1. The van der Waals surface area contributed by atoms with E-state index < -0.39 is 0 Å². The van der Waals surface area contributed by atoms with Crippen LogP contribution in [0.5, 0.6) is 0 Å². The second-order valence-corrected chi connectivity index (χ2v) is 7.08. The summed E-state index contributed by atoms with van der Waals surface area (Å²) >= 11 is 0. The number of aliphatic imine (C=N–C) groups is 1. The van der Waals surface area contributed by atoms with E-state index in [2.05, 4.69) is 46.8 Å². The van der Waals surface area contributed by atoms with Crippen LogP contribution in [0.1, 0.15) is 42.3 Å². The van der Waals surface area contributed by atoms with Gasteiger partial charge in [-0.2, -0.15) is 0 Å². The molecule has 6 heteroatoms. The summed E-state index contributed by atoms with van der Waals surface area (Å²) in [4.78, 5) is 4.30. The first-order valence-corrected chi connectivity index (χ1v) is 9.50. The molecule has 0 fully saturated rings. The molecule has 27 heavy (non-hydrogen) atoms. The normalized spacial score (nSPS) is 14.0. The third-order valence-corrected chi connectivity index (χ3v) is 4.51. The topological polar surface area (TPSA) is 71.7 Å². The summed E-state index contributed by atoms with van der Waals surface area (Å²) in [6, 6.07) is 10.2. The number of ether oxygens (including phenoxy) is 1. The molecule has 2 N–H and O–H groups in total. The van der Waals surface area contributed by atoms with Gasteiger partial charge < -0.3 is 19.9 Å². The molecule has 2 aromatic rings. The van der Waals surface area contributed by atoms with Crippen LogP contribution in [0.15, 0.2) is 39.8 Å². The van der Waals surface area contributed by atoms with Crippen LogP contribution < -0.4 is 10.6 Å². The number of aryl methyl sites for hydroxylation is 2. The number of hydrogen-bond acceptors (Lipinski definition) is 4. The Balaban J connectivity index is 1.68. The number of aromatic nitrogens is 1. The van der Waals surface area contributed by atoms with Gasteiger partial charge in [0.25, 0.3) is 0 Å². The Morgan fingerprint density at radius 1 is 1.15 bits per heavy atom. The molecule has 0 amide bonds. The fraction of sp³-hybridized carbons (Fsp3) is 0.524. The van der Waals surface area contributed by atoms with Gasteiger partial charge in [-0.25, -0.2) is 0 Å². The van der Waals surface area contributed by atoms with Gasteiger partial charge in [0.15, 0.2) is 5.96 Å². The maximum atomic E-state index is 5.80. The van der Waals surface area contributed by atoms with E-state index in [1.165, 1.54) is 11.1 Å². The highest BCUT2D eigenvalue weighted by Gasteiger charge is 2.16. The number of hydrogen-bond donors (Lipinski definition) is 2. The SMILES string of the molecule is CN=C(NCC(C)COCc1ccccc1)NCC(C)c1c(C)noc1C. The van der Waals surface area contributed by atoms with E-state index in [1.807, 2.05) is 32.0 Å². The lowest BCUT2D eigenvalue weighted by molar-refractivity contribution is 0.0931. The van der Waals surface area contributed by atoms with Crippen LogP contribution in [0, 0.1) is 19.8 Å². The fourth-order valence-electron chi connectivity index (χ4n) is 3.05. The molecule has 2 unspecified atom stereocenters. The molecule has 0 aliphatic heterocycles. The molecule has 0 aliphatic carbocycles. The van der Waals surface area contributed by atoms with Gasteiger partial charge in [0.05, 0.1) is 18.9 Å². The summed E-state index contributed by atoms with van der Waals surface area (Å²) in [6.07, 6.45) is 0. The van der Waals surface area contributed by atoms with Crippen LogP contribution in [-0.4, -0.2) is 37.9 Å². The van der Waals surface area contributed by atoms with Crippen LogP contribution in [-0.2, 0) is 11.3 Å². The van der Waals surface area contributed by atoms with Crippen molar-refractivity contribution in [1.29, 1.82) is 0 Å². The molecule has 0 aliphatic rings. The third kappa shape index (κ3) is 6.71. The minimum absolute atomic E-state index is 0.293. The largest absolute Gasteiger partial charge is 0.376 e. The van der Waals surface area contributed by atoms with E-state index in [4.69, 9.17) is 9.26 Å². The number of nitrogens with zero attached hydrogens (tertiary/aromatic N) is 2. The van der Waals surface area contributed by atoms with Gasteiger partial charge in [-0.15, -0.1) is 0 Å². The van der Waals surface area contributed by atoms with Crippen molar-refractivity contribution in [2.24, 2.45) is 10.9 Å². The first-order valence-electron chi connectivity index (χ1n) is 9.50. The molecule has 2 atom stereocenters. The first kappa shape index (κ1) is 21.0. The average molecular weight is 373 g/mol. The molecule has 0 spiro atoms. The molecule has 0 saturated carbocycles. The van der Waals surface area contributed by atoms with Gasteiger partial charge in [0.2, 0.25) is 0 Å². The zero-order valence-electron chi connectivity index (χ0n) is 17.1. The maximum absolute atomic E-state index is 5.80. The Morgan fingerprint density at radius 2 is 1.85 bits per heavy atom. The minimum atomic E-state index is 0.293. The zero-order chi connectivity index (χ0) is 19.6. The highest BCUT2D eigenvalue weighted by Crippen LogP contribution is 2.22. The average Bonchev–Trinajstić information content (AvgIpc) is 3.01. The fourth-order valence-corrected chi connectivity index (χ4v) is 3.05. The van der Waals surface area contributed by atoms with Gasteiger partial charge in [-0.3, -0.25) is 4.99 Å². The second kappa shape index (κ2) is 10.7. The number of benzene rings is 1. The van der Waals surface area contributed by atoms with Crippen LogP contribution in [0.3, 0.4) is 0 Å². The molecule has 0 saturated heterocycles. The van der Waals surface area contributed by atoms with Gasteiger partial charge >= 0.3 is 0 Å². The quantitative estimate of drug-likeness (QED) is 0.521. The van der Waals surface area contributed by atoms with Crippen molar-refractivity contribution in [3.8, 4) is 0 Å². The van der Waals surface area contributed by atoms with Crippen LogP contribution in [0.25, 0.3) is 0 Å². The Bertz CT molecular complexity index is 693. The van der Waals surface area contributed by atoms with E-state index in [9.17, 15) is 0 Å². The summed E-state index contributed by atoms with van der Waals surface area (Å²) in [6.45, 7) is 11.2. The Labute approximate surface area is 162 Å². The van der Waals surface area contributed by atoms with E-state index in [0.717, 1.165) is 30.5 Å². The standard InChI is InChI=1S/C21H32N4O2/c1-15(13-26-14-19-9-7-6-8-10-19)11-23-21(22-5)24-12-16(2)20-17(3)25-27-18(20)4/h6-10,15-16H,11-14H2,1-5H3,(H2,22,23,24). The van der Waals surface area contributed by atoms with Crippen LogP contribution in [0.2, 0.25) is 0 Å². The predicted molar refractivity (Wildman–Crippen MR) is 109 cm³/mol. The molecule has 1 aromatic carbocycles. The van der Waals surface area contributed by atoms with Crippen molar-refractivity contribution in [2.45, 2.75) is 40.2 Å². The van der Waals surface area contributed by atoms with Gasteiger partial charge in [-0.05, 0) is 25.3 Å². The van der Waals surface area contributed by atoms with Gasteiger partial charge in [0, 0.05) is 31.6 Å². The molecular formula is C21H32N4O2. The predicted octanol–water partition coefficient (Wildman–Crippen LogP) is 3.41. The smallest absolute Gasteiger partial charge is 0.191 e. The van der Waals surface area contributed by atoms with Crippen molar-refractivity contribution >= 4 is 5.96 Å². The molecule has 148 valence electrons. The monoisotopic (exact) mass is 372 g/mol. The van der Waals surface area contributed by atoms with E-state index >= 15 is 0 Å². The van der Waals surface area contributed by atoms with Crippen LogP contribution >= 0.6 is 0 Å². The summed E-state index contributed by atoms with van der Waals surface area (Å²) in [5.41, 5.74) is 3.32. The van der Waals surface area contributed by atoms with Crippen LogP contribution in [0.4, 0.5) is 0 Å². The Kier molecular flexibility index (Phi) is 8.33. The summed E-state index contributed by atoms with van der Waals surface area (Å²) in [5.74, 6) is 2.35. The van der Waals surface area contributed by atoms with Crippen molar-refractivity contribution in [2.75, 3.05) is 26.7 Å². The lowest BCUT2D eigenvalue weighted by Gasteiger charge is -2.18. The highest BCUT2D eigenvalue weighted by molar-refractivity contribution is 5.79. The van der Waals surface area contributed by atoms with Crippen molar-refractivity contribution in [3.63, 3.8) is 0 Å².